The highest BCUT2D eigenvalue weighted by atomic mass is 35.5. The molecule has 0 radical (unpaired) electrons. The van der Waals surface area contributed by atoms with Crippen LogP contribution in [0.25, 0.3) is 6.08 Å². The van der Waals surface area contributed by atoms with E-state index in [4.69, 9.17) is 32.7 Å². The van der Waals surface area contributed by atoms with Crippen LogP contribution in [0, 0.1) is 11.6 Å². The Bertz CT molecular complexity index is 1120. The summed E-state index contributed by atoms with van der Waals surface area (Å²) in [6.45, 7) is -0.0915. The molecule has 0 fully saturated rings. The number of fused-ring (bicyclic) bond motifs is 1. The molecular weight excluding hydrogens is 421 g/mol. The van der Waals surface area contributed by atoms with Crippen LogP contribution in [0.1, 0.15) is 21.5 Å². The Morgan fingerprint density at radius 1 is 0.966 bits per heavy atom. The van der Waals surface area contributed by atoms with Gasteiger partial charge in [-0.15, -0.1) is 0 Å². The molecule has 1 aliphatic heterocycles. The molecule has 0 saturated carbocycles. The molecule has 29 heavy (non-hydrogen) atoms. The van der Waals surface area contributed by atoms with Crippen molar-refractivity contribution < 1.29 is 23.0 Å². The molecule has 3 aromatic carbocycles. The maximum absolute atomic E-state index is 14.0. The van der Waals surface area contributed by atoms with E-state index < -0.39 is 17.4 Å². The summed E-state index contributed by atoms with van der Waals surface area (Å²) < 4.78 is 39.0. The predicted octanol–water partition coefficient (Wildman–Crippen LogP) is 6.47. The summed E-state index contributed by atoms with van der Waals surface area (Å²) in [5, 5.41) is 0.417. The van der Waals surface area contributed by atoms with Crippen LogP contribution in [0.3, 0.4) is 0 Å². The van der Waals surface area contributed by atoms with Gasteiger partial charge >= 0.3 is 0 Å². The van der Waals surface area contributed by atoms with E-state index in [1.54, 1.807) is 12.1 Å². The van der Waals surface area contributed by atoms with Gasteiger partial charge in [0, 0.05) is 17.2 Å². The number of allylic oxidation sites excluding steroid dienone is 1. The summed E-state index contributed by atoms with van der Waals surface area (Å²) in [6.07, 6.45) is 1.26. The number of halogens is 4. The van der Waals surface area contributed by atoms with Gasteiger partial charge in [-0.1, -0.05) is 35.3 Å². The first kappa shape index (κ1) is 19.4. The zero-order valence-electron chi connectivity index (χ0n) is 14.7. The van der Waals surface area contributed by atoms with E-state index in [-0.39, 0.29) is 39.3 Å². The Labute approximate surface area is 175 Å². The lowest BCUT2D eigenvalue weighted by Crippen LogP contribution is -2.00. The SMILES string of the molecule is O=C1/C(=C/c2c(F)cccc2Cl)Oc2cc(OCc3c(F)cccc3Cl)ccc21. The van der Waals surface area contributed by atoms with Crippen molar-refractivity contribution in [2.75, 3.05) is 0 Å². The molecule has 0 amide bonds. The van der Waals surface area contributed by atoms with Crippen LogP contribution in [0.4, 0.5) is 8.78 Å². The third-order valence-electron chi connectivity index (χ3n) is 4.36. The van der Waals surface area contributed by atoms with Gasteiger partial charge in [-0.3, -0.25) is 4.79 Å². The molecule has 4 rings (SSSR count). The number of rotatable bonds is 4. The van der Waals surface area contributed by atoms with Crippen LogP contribution < -0.4 is 9.47 Å². The third-order valence-corrected chi connectivity index (χ3v) is 5.05. The number of carbonyl (C=O) groups is 1. The number of hydrogen-bond donors (Lipinski definition) is 0. The van der Waals surface area contributed by atoms with Gasteiger partial charge in [-0.2, -0.15) is 0 Å². The molecule has 0 aliphatic carbocycles. The highest BCUT2D eigenvalue weighted by Gasteiger charge is 2.28. The van der Waals surface area contributed by atoms with Gasteiger partial charge < -0.3 is 9.47 Å². The van der Waals surface area contributed by atoms with E-state index in [9.17, 15) is 13.6 Å². The molecule has 0 atom stereocenters. The fourth-order valence-electron chi connectivity index (χ4n) is 2.86. The number of benzene rings is 3. The second-order valence-corrected chi connectivity index (χ2v) is 7.04. The number of ether oxygens (including phenoxy) is 2. The van der Waals surface area contributed by atoms with Gasteiger partial charge in [-0.05, 0) is 42.5 Å². The average molecular weight is 433 g/mol. The molecule has 3 aromatic rings. The van der Waals surface area contributed by atoms with Crippen molar-refractivity contribution in [1.29, 1.82) is 0 Å². The largest absolute Gasteiger partial charge is 0.489 e. The summed E-state index contributed by atoms with van der Waals surface area (Å²) >= 11 is 12.0. The fraction of sp³-hybridized carbons (Fsp3) is 0.0455. The normalized spacial score (nSPS) is 14.1. The van der Waals surface area contributed by atoms with Gasteiger partial charge in [0.25, 0.3) is 0 Å². The first-order chi connectivity index (χ1) is 13.9. The zero-order valence-corrected chi connectivity index (χ0v) is 16.2. The Balaban J connectivity index is 1.57. The predicted molar refractivity (Wildman–Crippen MR) is 107 cm³/mol. The molecule has 3 nitrogen and oxygen atoms in total. The monoisotopic (exact) mass is 432 g/mol. The van der Waals surface area contributed by atoms with Crippen LogP contribution in [0.2, 0.25) is 10.0 Å². The van der Waals surface area contributed by atoms with Crippen LogP contribution in [-0.4, -0.2) is 5.78 Å². The summed E-state index contributed by atoms with van der Waals surface area (Å²) in [4.78, 5) is 12.5. The topological polar surface area (TPSA) is 35.5 Å². The molecule has 0 unspecified atom stereocenters. The minimum absolute atomic E-state index is 0.0544. The fourth-order valence-corrected chi connectivity index (χ4v) is 3.30. The molecule has 0 saturated heterocycles. The van der Waals surface area contributed by atoms with Gasteiger partial charge in [0.1, 0.15) is 29.7 Å². The summed E-state index contributed by atoms with van der Waals surface area (Å²) in [5.74, 6) is -0.878. The molecule has 0 spiro atoms. The van der Waals surface area contributed by atoms with Gasteiger partial charge in [0.05, 0.1) is 15.6 Å². The third kappa shape index (κ3) is 3.84. The van der Waals surface area contributed by atoms with Crippen molar-refractivity contribution >= 4 is 35.1 Å². The van der Waals surface area contributed by atoms with Crippen molar-refractivity contribution in [3.63, 3.8) is 0 Å². The summed E-state index contributed by atoms with van der Waals surface area (Å²) in [6, 6.07) is 13.2. The van der Waals surface area contributed by atoms with Crippen LogP contribution in [0.5, 0.6) is 11.5 Å². The summed E-state index contributed by atoms with van der Waals surface area (Å²) in [5.41, 5.74) is 0.595. The molecule has 7 heteroatoms. The van der Waals surface area contributed by atoms with E-state index in [2.05, 4.69) is 0 Å². The van der Waals surface area contributed by atoms with Crippen molar-refractivity contribution in [3.05, 3.63) is 98.7 Å². The second-order valence-electron chi connectivity index (χ2n) is 6.22. The Kier molecular flexibility index (Phi) is 5.26. The lowest BCUT2D eigenvalue weighted by molar-refractivity contribution is 0.101. The standard InChI is InChI=1S/C22H12Cl2F2O3/c23-16-3-1-5-18(25)14(16)10-21-22(27)13-8-7-12(9-20(13)29-21)28-11-15-17(24)4-2-6-19(15)26/h1-10H,11H2/b21-10-. The molecule has 0 N–H and O–H groups in total. The van der Waals surface area contributed by atoms with Crippen molar-refractivity contribution in [2.24, 2.45) is 0 Å². The van der Waals surface area contributed by atoms with E-state index in [0.717, 1.165) is 0 Å². The minimum Gasteiger partial charge on any atom is -0.489 e. The smallest absolute Gasteiger partial charge is 0.231 e. The van der Waals surface area contributed by atoms with Crippen molar-refractivity contribution in [3.8, 4) is 11.5 Å². The quantitative estimate of drug-likeness (QED) is 0.443. The van der Waals surface area contributed by atoms with Crippen molar-refractivity contribution in [2.45, 2.75) is 6.61 Å². The number of hydrogen-bond acceptors (Lipinski definition) is 3. The molecular formula is C22H12Cl2F2O3. The molecule has 146 valence electrons. The lowest BCUT2D eigenvalue weighted by atomic mass is 10.1. The number of carbonyl (C=O) groups excluding carboxylic acids is 1. The van der Waals surface area contributed by atoms with E-state index >= 15 is 0 Å². The minimum atomic E-state index is -0.567. The van der Waals surface area contributed by atoms with Crippen LogP contribution in [0.15, 0.2) is 60.4 Å². The van der Waals surface area contributed by atoms with Gasteiger partial charge in [-0.25, -0.2) is 8.78 Å². The number of Topliss-reactive ketones (excluding diaryl/α,β-unsaturated/α-hetero) is 1. The highest BCUT2D eigenvalue weighted by Crippen LogP contribution is 2.36. The second kappa shape index (κ2) is 7.85. The van der Waals surface area contributed by atoms with Crippen LogP contribution >= 0.6 is 23.2 Å². The molecule has 0 aromatic heterocycles. The molecule has 1 heterocycles. The lowest BCUT2D eigenvalue weighted by Gasteiger charge is -2.09. The first-order valence-electron chi connectivity index (χ1n) is 8.52. The first-order valence-corrected chi connectivity index (χ1v) is 9.27. The molecule has 0 bridgehead atoms. The number of ketones is 1. The van der Waals surface area contributed by atoms with Gasteiger partial charge in [0.2, 0.25) is 5.78 Å². The van der Waals surface area contributed by atoms with Crippen LogP contribution in [-0.2, 0) is 6.61 Å². The highest BCUT2D eigenvalue weighted by molar-refractivity contribution is 6.32. The van der Waals surface area contributed by atoms with Gasteiger partial charge in [0.15, 0.2) is 5.76 Å². The maximum atomic E-state index is 14.0. The van der Waals surface area contributed by atoms with Crippen molar-refractivity contribution in [1.82, 2.24) is 0 Å². The Morgan fingerprint density at radius 3 is 2.41 bits per heavy atom. The Hall–Kier alpha value is -2.89. The van der Waals surface area contributed by atoms with E-state index in [0.29, 0.717) is 11.3 Å². The molecule has 1 aliphatic rings. The zero-order chi connectivity index (χ0) is 20.5. The Morgan fingerprint density at radius 2 is 1.69 bits per heavy atom. The van der Waals surface area contributed by atoms with E-state index in [1.807, 2.05) is 0 Å². The summed E-state index contributed by atoms with van der Waals surface area (Å²) in [7, 11) is 0. The maximum Gasteiger partial charge on any atom is 0.231 e. The average Bonchev–Trinajstić information content (AvgIpc) is 2.99. The van der Waals surface area contributed by atoms with E-state index in [1.165, 1.54) is 48.5 Å².